The summed E-state index contributed by atoms with van der Waals surface area (Å²) >= 11 is 1.36. The predicted molar refractivity (Wildman–Crippen MR) is 113 cm³/mol. The topological polar surface area (TPSA) is 107 Å². The lowest BCUT2D eigenvalue weighted by Crippen LogP contribution is -2.13. The molecule has 10 heteroatoms. The highest BCUT2D eigenvalue weighted by molar-refractivity contribution is 7.15. The van der Waals surface area contributed by atoms with Crippen LogP contribution in [0.1, 0.15) is 33.8 Å². The molecule has 4 rings (SSSR count). The van der Waals surface area contributed by atoms with Gasteiger partial charge < -0.3 is 10.1 Å². The number of rotatable bonds is 7. The Kier molecular flexibility index (Phi) is 5.66. The maximum Gasteiger partial charge on any atom is 0.226 e. The first-order valence-corrected chi connectivity index (χ1v) is 10.3. The minimum absolute atomic E-state index is 0.116. The number of carbonyl (C=O) groups is 1. The monoisotopic (exact) mass is 423 g/mol. The molecule has 0 aliphatic rings. The highest BCUT2D eigenvalue weighted by Crippen LogP contribution is 2.24. The van der Waals surface area contributed by atoms with Crippen LogP contribution >= 0.6 is 11.3 Å². The summed E-state index contributed by atoms with van der Waals surface area (Å²) in [6.45, 7) is 3.90. The molecule has 0 aliphatic heterocycles. The van der Waals surface area contributed by atoms with Gasteiger partial charge in [0.2, 0.25) is 11.0 Å². The van der Waals surface area contributed by atoms with Crippen LogP contribution in [0.25, 0.3) is 5.65 Å². The zero-order valence-corrected chi connectivity index (χ0v) is 17.7. The normalized spacial score (nSPS) is 11.0. The molecular formula is C20H21N7O2S. The summed E-state index contributed by atoms with van der Waals surface area (Å²) in [7, 11) is 1.64. The minimum atomic E-state index is -0.116. The lowest BCUT2D eigenvalue weighted by molar-refractivity contribution is -0.116. The predicted octanol–water partition coefficient (Wildman–Crippen LogP) is 2.76. The number of ether oxygens (including phenoxy) is 1. The van der Waals surface area contributed by atoms with Crippen LogP contribution in [0.2, 0.25) is 0 Å². The molecule has 0 spiro atoms. The number of hydrogen-bond acceptors (Lipinski definition) is 8. The molecule has 9 nitrogen and oxygen atoms in total. The fourth-order valence-electron chi connectivity index (χ4n) is 3.35. The molecule has 0 fully saturated rings. The second kappa shape index (κ2) is 8.54. The molecule has 154 valence electrons. The molecule has 0 aliphatic carbocycles. The van der Waals surface area contributed by atoms with Crippen LogP contribution in [-0.2, 0) is 17.6 Å². The van der Waals surface area contributed by atoms with E-state index in [1.807, 2.05) is 38.1 Å². The van der Waals surface area contributed by atoms with E-state index in [1.165, 1.54) is 11.3 Å². The average Bonchev–Trinajstić information content (AvgIpc) is 3.37. The van der Waals surface area contributed by atoms with Crippen LogP contribution in [-0.4, -0.2) is 43.0 Å². The number of anilines is 1. The van der Waals surface area contributed by atoms with Crippen molar-refractivity contribution in [1.82, 2.24) is 30.0 Å². The number of carbonyl (C=O) groups excluding carboxylic acids is 1. The van der Waals surface area contributed by atoms with Gasteiger partial charge in [-0.1, -0.05) is 29.5 Å². The van der Waals surface area contributed by atoms with Crippen LogP contribution in [0.4, 0.5) is 5.13 Å². The fourth-order valence-corrected chi connectivity index (χ4v) is 4.13. The Morgan fingerprint density at radius 1 is 1.20 bits per heavy atom. The Morgan fingerprint density at radius 3 is 2.87 bits per heavy atom. The molecular weight excluding hydrogens is 402 g/mol. The van der Waals surface area contributed by atoms with E-state index in [2.05, 4.69) is 30.8 Å². The maximum absolute atomic E-state index is 12.4. The first-order chi connectivity index (χ1) is 14.5. The Labute approximate surface area is 177 Å². The third kappa shape index (κ3) is 4.13. The molecule has 0 atom stereocenters. The van der Waals surface area contributed by atoms with Crippen molar-refractivity contribution in [2.75, 3.05) is 12.4 Å². The van der Waals surface area contributed by atoms with Gasteiger partial charge in [0.25, 0.3) is 0 Å². The van der Waals surface area contributed by atoms with Crippen molar-refractivity contribution >= 4 is 28.0 Å². The van der Waals surface area contributed by atoms with E-state index in [1.54, 1.807) is 18.0 Å². The zero-order chi connectivity index (χ0) is 21.1. The van der Waals surface area contributed by atoms with E-state index in [4.69, 9.17) is 4.74 Å². The van der Waals surface area contributed by atoms with Crippen LogP contribution < -0.4 is 10.1 Å². The second-order valence-corrected chi connectivity index (χ2v) is 7.89. The van der Waals surface area contributed by atoms with Gasteiger partial charge in [0.05, 0.1) is 12.8 Å². The van der Waals surface area contributed by atoms with Gasteiger partial charge in [-0.3, -0.25) is 4.79 Å². The molecule has 0 saturated carbocycles. The summed E-state index contributed by atoms with van der Waals surface area (Å²) < 4.78 is 7.03. The Balaban J connectivity index is 1.38. The van der Waals surface area contributed by atoms with Gasteiger partial charge >= 0.3 is 0 Å². The summed E-state index contributed by atoms with van der Waals surface area (Å²) in [6, 6.07) is 7.78. The van der Waals surface area contributed by atoms with Crippen molar-refractivity contribution in [2.24, 2.45) is 0 Å². The number of methoxy groups -OCH3 is 1. The fraction of sp³-hybridized carbons (Fsp3) is 0.300. The third-order valence-corrected chi connectivity index (χ3v) is 5.70. The van der Waals surface area contributed by atoms with E-state index in [9.17, 15) is 4.79 Å². The van der Waals surface area contributed by atoms with Gasteiger partial charge in [-0.2, -0.15) is 5.10 Å². The summed E-state index contributed by atoms with van der Waals surface area (Å²) in [4.78, 5) is 12.4. The molecule has 3 aromatic heterocycles. The van der Waals surface area contributed by atoms with E-state index in [0.717, 1.165) is 33.1 Å². The standard InChI is InChI=1S/C20H21N7O2S/c1-12-15(13(2)26-27-11-21-24-19(12)27)8-9-17(28)22-20-25-23-18(30-20)10-14-6-4-5-7-16(14)29-3/h4-7,11H,8-10H2,1-3H3,(H,22,25,28). The summed E-state index contributed by atoms with van der Waals surface area (Å²) in [5, 5.41) is 24.8. The average molecular weight is 424 g/mol. The lowest BCUT2D eigenvalue weighted by Gasteiger charge is -2.09. The van der Waals surface area contributed by atoms with E-state index >= 15 is 0 Å². The first-order valence-electron chi connectivity index (χ1n) is 9.45. The Morgan fingerprint density at radius 2 is 2.03 bits per heavy atom. The minimum Gasteiger partial charge on any atom is -0.496 e. The van der Waals surface area contributed by atoms with Gasteiger partial charge in [0, 0.05) is 24.0 Å². The SMILES string of the molecule is COc1ccccc1Cc1nnc(NC(=O)CCc2c(C)nn3cnnc3c2C)s1. The van der Waals surface area contributed by atoms with Crippen molar-refractivity contribution in [2.45, 2.75) is 33.1 Å². The molecule has 0 saturated heterocycles. The van der Waals surface area contributed by atoms with Gasteiger partial charge in [-0.25, -0.2) is 4.52 Å². The molecule has 30 heavy (non-hydrogen) atoms. The second-order valence-electron chi connectivity index (χ2n) is 6.83. The number of para-hydroxylation sites is 1. The van der Waals surface area contributed by atoms with Crippen molar-refractivity contribution in [3.8, 4) is 5.75 Å². The number of aromatic nitrogens is 6. The highest BCUT2D eigenvalue weighted by atomic mass is 32.1. The number of aryl methyl sites for hydroxylation is 2. The Bertz CT molecular complexity index is 1200. The molecule has 1 amide bonds. The van der Waals surface area contributed by atoms with Crippen molar-refractivity contribution < 1.29 is 9.53 Å². The summed E-state index contributed by atoms with van der Waals surface area (Å²) in [5.41, 5.74) is 4.60. The van der Waals surface area contributed by atoms with Crippen LogP contribution in [0.3, 0.4) is 0 Å². The number of nitrogens with one attached hydrogen (secondary N) is 1. The van der Waals surface area contributed by atoms with Gasteiger partial charge in [-0.15, -0.1) is 20.4 Å². The van der Waals surface area contributed by atoms with E-state index in [0.29, 0.717) is 30.0 Å². The van der Waals surface area contributed by atoms with E-state index < -0.39 is 0 Å². The zero-order valence-electron chi connectivity index (χ0n) is 16.9. The number of nitrogens with zero attached hydrogens (tertiary/aromatic N) is 6. The smallest absolute Gasteiger partial charge is 0.226 e. The molecule has 0 unspecified atom stereocenters. The van der Waals surface area contributed by atoms with Gasteiger partial charge in [0.15, 0.2) is 5.65 Å². The number of amides is 1. The van der Waals surface area contributed by atoms with Crippen LogP contribution in [0.15, 0.2) is 30.6 Å². The number of fused-ring (bicyclic) bond motifs is 1. The molecule has 1 aromatic carbocycles. The van der Waals surface area contributed by atoms with Crippen molar-refractivity contribution in [3.63, 3.8) is 0 Å². The lowest BCUT2D eigenvalue weighted by atomic mass is 10.0. The third-order valence-electron chi connectivity index (χ3n) is 4.86. The summed E-state index contributed by atoms with van der Waals surface area (Å²) in [6.07, 6.45) is 3.05. The van der Waals surface area contributed by atoms with Gasteiger partial charge in [0.1, 0.15) is 17.1 Å². The molecule has 1 N–H and O–H groups in total. The maximum atomic E-state index is 12.4. The first kappa shape index (κ1) is 19.9. The molecule has 0 radical (unpaired) electrons. The van der Waals surface area contributed by atoms with Crippen molar-refractivity contribution in [3.05, 3.63) is 58.0 Å². The van der Waals surface area contributed by atoms with Crippen LogP contribution in [0.5, 0.6) is 5.75 Å². The Hall–Kier alpha value is -3.40. The number of benzene rings is 1. The molecule has 4 aromatic rings. The quantitative estimate of drug-likeness (QED) is 0.487. The summed E-state index contributed by atoms with van der Waals surface area (Å²) in [5.74, 6) is 0.692. The van der Waals surface area contributed by atoms with Crippen molar-refractivity contribution in [1.29, 1.82) is 0 Å². The van der Waals surface area contributed by atoms with Crippen LogP contribution in [0, 0.1) is 13.8 Å². The number of hydrogen-bond donors (Lipinski definition) is 1. The molecule has 3 heterocycles. The highest BCUT2D eigenvalue weighted by Gasteiger charge is 2.14. The van der Waals surface area contributed by atoms with Gasteiger partial charge in [-0.05, 0) is 31.9 Å². The van der Waals surface area contributed by atoms with E-state index in [-0.39, 0.29) is 5.91 Å². The molecule has 0 bridgehead atoms. The largest absolute Gasteiger partial charge is 0.496 e.